The zero-order valence-electron chi connectivity index (χ0n) is 12.4. The van der Waals surface area contributed by atoms with E-state index in [1.165, 1.54) is 0 Å². The van der Waals surface area contributed by atoms with Gasteiger partial charge in [0.2, 0.25) is 5.91 Å². The summed E-state index contributed by atoms with van der Waals surface area (Å²) >= 11 is 4.26. The standard InChI is InChI=1S/C16H24N2OS/c1-13(2)12-17-7-9-18(10-8-17)16(19)11-14-3-5-15(20)6-4-14/h3-6,13,20H,7-12H2,1-2H3. The van der Waals surface area contributed by atoms with Crippen molar-refractivity contribution < 1.29 is 4.79 Å². The summed E-state index contributed by atoms with van der Waals surface area (Å²) in [6.45, 7) is 9.32. The van der Waals surface area contributed by atoms with Gasteiger partial charge in [-0.1, -0.05) is 26.0 Å². The summed E-state index contributed by atoms with van der Waals surface area (Å²) in [5, 5.41) is 0. The first kappa shape index (κ1) is 15.4. The van der Waals surface area contributed by atoms with Crippen LogP contribution in [0.15, 0.2) is 29.2 Å². The van der Waals surface area contributed by atoms with Gasteiger partial charge < -0.3 is 4.90 Å². The molecule has 4 heteroatoms. The summed E-state index contributed by atoms with van der Waals surface area (Å²) in [5.41, 5.74) is 1.07. The Kier molecular flexibility index (Phi) is 5.49. The SMILES string of the molecule is CC(C)CN1CCN(C(=O)Cc2ccc(S)cc2)CC1. The monoisotopic (exact) mass is 292 g/mol. The van der Waals surface area contributed by atoms with Gasteiger partial charge in [-0.15, -0.1) is 12.6 Å². The fourth-order valence-electron chi connectivity index (χ4n) is 2.60. The lowest BCUT2D eigenvalue weighted by Gasteiger charge is -2.35. The molecule has 0 N–H and O–H groups in total. The zero-order chi connectivity index (χ0) is 14.5. The molecule has 1 heterocycles. The molecule has 2 rings (SSSR count). The predicted molar refractivity (Wildman–Crippen MR) is 85.3 cm³/mol. The van der Waals surface area contributed by atoms with Crippen molar-refractivity contribution in [3.8, 4) is 0 Å². The first-order valence-electron chi connectivity index (χ1n) is 7.32. The van der Waals surface area contributed by atoms with Gasteiger partial charge >= 0.3 is 0 Å². The number of piperazine rings is 1. The van der Waals surface area contributed by atoms with E-state index in [-0.39, 0.29) is 5.91 Å². The summed E-state index contributed by atoms with van der Waals surface area (Å²) in [5.74, 6) is 0.929. The quantitative estimate of drug-likeness (QED) is 0.861. The minimum atomic E-state index is 0.237. The third kappa shape index (κ3) is 4.53. The second-order valence-corrected chi connectivity index (χ2v) is 6.43. The maximum absolute atomic E-state index is 12.3. The topological polar surface area (TPSA) is 23.6 Å². The van der Waals surface area contributed by atoms with Gasteiger partial charge in [0.05, 0.1) is 6.42 Å². The lowest BCUT2D eigenvalue weighted by Crippen LogP contribution is -2.49. The van der Waals surface area contributed by atoms with Gasteiger partial charge in [0.15, 0.2) is 0 Å². The fraction of sp³-hybridized carbons (Fsp3) is 0.562. The average molecular weight is 292 g/mol. The van der Waals surface area contributed by atoms with Crippen LogP contribution < -0.4 is 0 Å². The summed E-state index contributed by atoms with van der Waals surface area (Å²) in [6.07, 6.45) is 0.498. The molecule has 3 nitrogen and oxygen atoms in total. The van der Waals surface area contributed by atoms with E-state index >= 15 is 0 Å². The van der Waals surface area contributed by atoms with Gasteiger partial charge in [-0.2, -0.15) is 0 Å². The molecule has 1 fully saturated rings. The van der Waals surface area contributed by atoms with Crippen LogP contribution in [-0.4, -0.2) is 48.4 Å². The van der Waals surface area contributed by atoms with Gasteiger partial charge in [-0.05, 0) is 23.6 Å². The van der Waals surface area contributed by atoms with Crippen molar-refractivity contribution in [3.63, 3.8) is 0 Å². The largest absolute Gasteiger partial charge is 0.340 e. The lowest BCUT2D eigenvalue weighted by molar-refractivity contribution is -0.132. The minimum absolute atomic E-state index is 0.237. The van der Waals surface area contributed by atoms with Crippen molar-refractivity contribution in [2.24, 2.45) is 5.92 Å². The molecular formula is C16H24N2OS. The maximum atomic E-state index is 12.3. The summed E-state index contributed by atoms with van der Waals surface area (Å²) < 4.78 is 0. The molecule has 0 spiro atoms. The molecule has 0 aromatic heterocycles. The van der Waals surface area contributed by atoms with Crippen molar-refractivity contribution in [1.82, 2.24) is 9.80 Å². The highest BCUT2D eigenvalue weighted by atomic mass is 32.1. The van der Waals surface area contributed by atoms with Crippen molar-refractivity contribution in [1.29, 1.82) is 0 Å². The third-order valence-electron chi connectivity index (χ3n) is 3.64. The highest BCUT2D eigenvalue weighted by molar-refractivity contribution is 7.80. The maximum Gasteiger partial charge on any atom is 0.227 e. The fourth-order valence-corrected chi connectivity index (χ4v) is 2.75. The predicted octanol–water partition coefficient (Wildman–Crippen LogP) is 2.32. The molecule has 0 atom stereocenters. The number of rotatable bonds is 4. The molecule has 0 bridgehead atoms. The van der Waals surface area contributed by atoms with E-state index in [4.69, 9.17) is 0 Å². The molecule has 0 radical (unpaired) electrons. The van der Waals surface area contributed by atoms with Crippen molar-refractivity contribution in [3.05, 3.63) is 29.8 Å². The van der Waals surface area contributed by atoms with E-state index in [0.29, 0.717) is 12.3 Å². The van der Waals surface area contributed by atoms with Crippen LogP contribution in [0.3, 0.4) is 0 Å². The Morgan fingerprint density at radius 2 is 1.75 bits per heavy atom. The van der Waals surface area contributed by atoms with Crippen LogP contribution in [0.1, 0.15) is 19.4 Å². The molecule has 110 valence electrons. The van der Waals surface area contributed by atoms with Crippen molar-refractivity contribution >= 4 is 18.5 Å². The van der Waals surface area contributed by atoms with Crippen molar-refractivity contribution in [2.45, 2.75) is 25.2 Å². The molecule has 1 aromatic carbocycles. The molecule has 0 aliphatic carbocycles. The van der Waals surface area contributed by atoms with E-state index in [0.717, 1.165) is 43.2 Å². The molecular weight excluding hydrogens is 268 g/mol. The van der Waals surface area contributed by atoms with Crippen LogP contribution in [0.5, 0.6) is 0 Å². The number of carbonyl (C=O) groups excluding carboxylic acids is 1. The smallest absolute Gasteiger partial charge is 0.227 e. The summed E-state index contributed by atoms with van der Waals surface area (Å²) in [6, 6.07) is 7.84. The van der Waals surface area contributed by atoms with E-state index < -0.39 is 0 Å². The molecule has 20 heavy (non-hydrogen) atoms. The number of thiol groups is 1. The third-order valence-corrected chi connectivity index (χ3v) is 3.94. The number of hydrogen-bond acceptors (Lipinski definition) is 3. The van der Waals surface area contributed by atoms with Crippen LogP contribution >= 0.6 is 12.6 Å². The lowest BCUT2D eigenvalue weighted by atomic mass is 10.1. The Labute approximate surface area is 127 Å². The first-order chi connectivity index (χ1) is 9.54. The molecule has 0 saturated carbocycles. The highest BCUT2D eigenvalue weighted by Gasteiger charge is 2.21. The number of nitrogens with zero attached hydrogens (tertiary/aromatic N) is 2. The van der Waals surface area contributed by atoms with E-state index in [9.17, 15) is 4.79 Å². The number of hydrogen-bond donors (Lipinski definition) is 1. The molecule has 0 unspecified atom stereocenters. The Morgan fingerprint density at radius 3 is 2.30 bits per heavy atom. The first-order valence-corrected chi connectivity index (χ1v) is 7.77. The normalized spacial score (nSPS) is 16.7. The van der Waals surface area contributed by atoms with E-state index in [2.05, 4.69) is 31.4 Å². The Bertz CT molecular complexity index is 436. The van der Waals surface area contributed by atoms with Crippen LogP contribution in [-0.2, 0) is 11.2 Å². The number of amides is 1. The molecule has 1 amide bonds. The van der Waals surface area contributed by atoms with Crippen LogP contribution in [0.2, 0.25) is 0 Å². The molecule has 1 aliphatic rings. The Hall–Kier alpha value is -1.00. The van der Waals surface area contributed by atoms with Gasteiger partial charge in [-0.3, -0.25) is 9.69 Å². The number of carbonyl (C=O) groups is 1. The second kappa shape index (κ2) is 7.14. The minimum Gasteiger partial charge on any atom is -0.340 e. The number of benzene rings is 1. The van der Waals surface area contributed by atoms with Gasteiger partial charge in [0, 0.05) is 37.6 Å². The van der Waals surface area contributed by atoms with Crippen LogP contribution in [0.25, 0.3) is 0 Å². The van der Waals surface area contributed by atoms with Gasteiger partial charge in [0.1, 0.15) is 0 Å². The molecule has 1 aliphatic heterocycles. The average Bonchev–Trinajstić information content (AvgIpc) is 2.41. The molecule has 1 aromatic rings. The zero-order valence-corrected chi connectivity index (χ0v) is 13.3. The van der Waals surface area contributed by atoms with E-state index in [1.807, 2.05) is 29.2 Å². The van der Waals surface area contributed by atoms with Crippen molar-refractivity contribution in [2.75, 3.05) is 32.7 Å². The molecule has 1 saturated heterocycles. The van der Waals surface area contributed by atoms with Crippen LogP contribution in [0.4, 0.5) is 0 Å². The Morgan fingerprint density at radius 1 is 1.15 bits per heavy atom. The summed E-state index contributed by atoms with van der Waals surface area (Å²) in [7, 11) is 0. The highest BCUT2D eigenvalue weighted by Crippen LogP contribution is 2.11. The van der Waals surface area contributed by atoms with Gasteiger partial charge in [0.25, 0.3) is 0 Å². The summed E-state index contributed by atoms with van der Waals surface area (Å²) in [4.78, 5) is 17.6. The van der Waals surface area contributed by atoms with Gasteiger partial charge in [-0.25, -0.2) is 0 Å². The van der Waals surface area contributed by atoms with E-state index in [1.54, 1.807) is 0 Å². The van der Waals surface area contributed by atoms with Crippen LogP contribution in [0, 0.1) is 5.92 Å². The Balaban J connectivity index is 1.81. The second-order valence-electron chi connectivity index (χ2n) is 5.92.